The lowest BCUT2D eigenvalue weighted by Gasteiger charge is -2.13. The van der Waals surface area contributed by atoms with Crippen LogP contribution in [0.3, 0.4) is 0 Å². The van der Waals surface area contributed by atoms with Crippen LogP contribution in [-0.4, -0.2) is 25.6 Å². The predicted octanol–water partition coefficient (Wildman–Crippen LogP) is 2.98. The van der Waals surface area contributed by atoms with E-state index in [-0.39, 0.29) is 0 Å². The summed E-state index contributed by atoms with van der Waals surface area (Å²) >= 11 is 1.24. The Morgan fingerprint density at radius 1 is 1.30 bits per heavy atom. The molecule has 0 amide bonds. The van der Waals surface area contributed by atoms with Crippen molar-refractivity contribution in [2.24, 2.45) is 5.10 Å². The lowest BCUT2D eigenvalue weighted by molar-refractivity contribution is 0.135. The molecule has 0 N–H and O–H groups in total. The van der Waals surface area contributed by atoms with Crippen LogP contribution in [0.4, 0.5) is 8.78 Å². The van der Waals surface area contributed by atoms with Crippen molar-refractivity contribution in [1.29, 1.82) is 0 Å². The second kappa shape index (κ2) is 5.12. The first-order valence-corrected chi connectivity index (χ1v) is 6.57. The van der Waals surface area contributed by atoms with Crippen LogP contribution >= 0.6 is 11.8 Å². The van der Waals surface area contributed by atoms with Crippen molar-refractivity contribution in [2.45, 2.75) is 18.5 Å². The zero-order valence-electron chi connectivity index (χ0n) is 10.4. The van der Waals surface area contributed by atoms with E-state index in [1.807, 2.05) is 24.3 Å². The summed E-state index contributed by atoms with van der Waals surface area (Å²) in [5.74, 6) is -0.441. The molecule has 0 spiro atoms. The van der Waals surface area contributed by atoms with E-state index in [0.29, 0.717) is 10.9 Å². The summed E-state index contributed by atoms with van der Waals surface area (Å²) in [6.45, 7) is 1.75. The molecule has 3 heterocycles. The van der Waals surface area contributed by atoms with E-state index in [9.17, 15) is 8.78 Å². The number of hydrogen-bond acceptors (Lipinski definition) is 5. The van der Waals surface area contributed by atoms with Gasteiger partial charge in [0.2, 0.25) is 11.0 Å². The van der Waals surface area contributed by atoms with Crippen LogP contribution in [0.5, 0.6) is 0 Å². The summed E-state index contributed by atoms with van der Waals surface area (Å²) in [6.07, 6.45) is 0.822. The van der Waals surface area contributed by atoms with Gasteiger partial charge in [-0.1, -0.05) is 6.07 Å². The zero-order valence-corrected chi connectivity index (χ0v) is 11.2. The molecular weight excluding hydrogens is 284 g/mol. The number of fused-ring (bicyclic) bond motifs is 1. The molecule has 0 aliphatic carbocycles. The molecule has 0 bridgehead atoms. The van der Waals surface area contributed by atoms with E-state index in [2.05, 4.69) is 20.3 Å². The van der Waals surface area contributed by atoms with Gasteiger partial charge in [-0.2, -0.15) is 9.78 Å². The molecule has 8 heteroatoms. The minimum atomic E-state index is -2.70. The van der Waals surface area contributed by atoms with Crippen LogP contribution in [0.2, 0.25) is 0 Å². The Hall–Kier alpha value is -2.09. The fraction of sp³-hybridized carbons (Fsp3) is 0.167. The Balaban J connectivity index is 1.99. The standard InChI is InChI=1S/C12H9F2N5S/c1-7-9(6-8-4-2-3-5-15-8)20-12-17-16-11(10(13)14)19(12)18-7/h2-6,10H,1H3/b9-6-. The number of rotatable bonds is 2. The molecule has 0 unspecified atom stereocenters. The zero-order chi connectivity index (χ0) is 14.1. The van der Waals surface area contributed by atoms with Crippen molar-refractivity contribution >= 4 is 23.5 Å². The predicted molar refractivity (Wildman–Crippen MR) is 71.6 cm³/mol. The largest absolute Gasteiger partial charge is 0.299 e. The van der Waals surface area contributed by atoms with Gasteiger partial charge in [0.25, 0.3) is 6.43 Å². The number of thioether (sulfide) groups is 1. The molecule has 20 heavy (non-hydrogen) atoms. The molecule has 0 atom stereocenters. The van der Waals surface area contributed by atoms with E-state index in [0.717, 1.165) is 15.3 Å². The van der Waals surface area contributed by atoms with E-state index in [4.69, 9.17) is 0 Å². The average molecular weight is 293 g/mol. The van der Waals surface area contributed by atoms with Gasteiger partial charge in [-0.25, -0.2) is 8.78 Å². The number of alkyl halides is 2. The second-order valence-electron chi connectivity index (χ2n) is 4.00. The lowest BCUT2D eigenvalue weighted by atomic mass is 10.3. The van der Waals surface area contributed by atoms with Gasteiger partial charge in [0.15, 0.2) is 0 Å². The highest BCUT2D eigenvalue weighted by Crippen LogP contribution is 2.33. The van der Waals surface area contributed by atoms with Crippen molar-refractivity contribution in [3.05, 3.63) is 40.8 Å². The van der Waals surface area contributed by atoms with Crippen molar-refractivity contribution in [1.82, 2.24) is 19.9 Å². The first-order valence-electron chi connectivity index (χ1n) is 5.75. The molecule has 1 aliphatic rings. The summed E-state index contributed by atoms with van der Waals surface area (Å²) in [5, 5.41) is 11.6. The Morgan fingerprint density at radius 3 is 2.85 bits per heavy atom. The summed E-state index contributed by atoms with van der Waals surface area (Å²) in [5.41, 5.74) is 1.39. The van der Waals surface area contributed by atoms with Crippen LogP contribution in [0, 0.1) is 0 Å². The van der Waals surface area contributed by atoms with Crippen molar-refractivity contribution in [3.8, 4) is 0 Å². The van der Waals surface area contributed by atoms with Crippen LogP contribution in [0.1, 0.15) is 24.9 Å². The molecule has 0 aromatic carbocycles. The number of allylic oxidation sites excluding steroid dienone is 1. The number of hydrogen-bond donors (Lipinski definition) is 0. The third kappa shape index (κ3) is 2.34. The van der Waals surface area contributed by atoms with Gasteiger partial charge in [0.05, 0.1) is 11.4 Å². The first kappa shape index (κ1) is 12.9. The Bertz CT molecular complexity index is 693. The van der Waals surface area contributed by atoms with Gasteiger partial charge < -0.3 is 0 Å². The fourth-order valence-electron chi connectivity index (χ4n) is 1.67. The number of pyridine rings is 1. The maximum absolute atomic E-state index is 12.7. The van der Waals surface area contributed by atoms with E-state index < -0.39 is 12.2 Å². The molecule has 2 aromatic rings. The summed E-state index contributed by atoms with van der Waals surface area (Å²) in [7, 11) is 0. The van der Waals surface area contributed by atoms with E-state index >= 15 is 0 Å². The third-order valence-corrected chi connectivity index (χ3v) is 3.68. The molecular formula is C12H9F2N5S. The Kier molecular flexibility index (Phi) is 3.31. The molecule has 5 nitrogen and oxygen atoms in total. The number of halogens is 2. The fourth-order valence-corrected chi connectivity index (χ4v) is 2.54. The van der Waals surface area contributed by atoms with Crippen LogP contribution in [0.15, 0.2) is 39.6 Å². The minimum Gasteiger partial charge on any atom is -0.257 e. The summed E-state index contributed by atoms with van der Waals surface area (Å²) in [4.78, 5) is 5.00. The molecule has 2 aromatic heterocycles. The highest BCUT2D eigenvalue weighted by atomic mass is 32.2. The number of aromatic nitrogens is 4. The maximum atomic E-state index is 12.7. The van der Waals surface area contributed by atoms with Gasteiger partial charge in [0.1, 0.15) is 0 Å². The normalized spacial score (nSPS) is 16.4. The monoisotopic (exact) mass is 293 g/mol. The summed E-state index contributed by atoms with van der Waals surface area (Å²) < 4.78 is 26.5. The first-order chi connectivity index (χ1) is 9.65. The van der Waals surface area contributed by atoms with Crippen molar-refractivity contribution in [2.75, 3.05) is 0 Å². The highest BCUT2D eigenvalue weighted by molar-refractivity contribution is 8.04. The average Bonchev–Trinajstić information content (AvgIpc) is 2.83. The highest BCUT2D eigenvalue weighted by Gasteiger charge is 2.25. The molecule has 0 saturated heterocycles. The third-order valence-electron chi connectivity index (χ3n) is 2.61. The van der Waals surface area contributed by atoms with Gasteiger partial charge in [-0.15, -0.1) is 10.2 Å². The van der Waals surface area contributed by atoms with Gasteiger partial charge >= 0.3 is 0 Å². The molecule has 0 fully saturated rings. The number of nitrogens with zero attached hydrogens (tertiary/aromatic N) is 5. The van der Waals surface area contributed by atoms with Crippen LogP contribution in [0.25, 0.3) is 6.08 Å². The van der Waals surface area contributed by atoms with Gasteiger partial charge in [-0.3, -0.25) is 4.98 Å². The molecule has 0 radical (unpaired) electrons. The molecule has 102 valence electrons. The van der Waals surface area contributed by atoms with Crippen LogP contribution < -0.4 is 0 Å². The summed E-state index contributed by atoms with van der Waals surface area (Å²) in [6, 6.07) is 5.55. The Labute approximate surface area is 117 Å². The topological polar surface area (TPSA) is 56.0 Å². The minimum absolute atomic E-state index is 0.327. The second-order valence-corrected chi connectivity index (χ2v) is 5.01. The smallest absolute Gasteiger partial charge is 0.257 e. The maximum Gasteiger partial charge on any atom is 0.299 e. The molecule has 3 rings (SSSR count). The van der Waals surface area contributed by atoms with Crippen molar-refractivity contribution < 1.29 is 8.78 Å². The molecule has 1 aliphatic heterocycles. The molecule has 0 saturated carbocycles. The Morgan fingerprint density at radius 2 is 2.15 bits per heavy atom. The lowest BCUT2D eigenvalue weighted by Crippen LogP contribution is -2.09. The van der Waals surface area contributed by atoms with E-state index in [1.54, 1.807) is 13.1 Å². The van der Waals surface area contributed by atoms with Gasteiger partial charge in [-0.05, 0) is 36.9 Å². The SMILES string of the molecule is CC1=Nn2c(nnc2C(F)F)S/C1=C\c1ccccn1. The van der Waals surface area contributed by atoms with Crippen LogP contribution in [-0.2, 0) is 0 Å². The van der Waals surface area contributed by atoms with E-state index in [1.165, 1.54) is 11.8 Å². The quantitative estimate of drug-likeness (QED) is 0.854. The van der Waals surface area contributed by atoms with Gasteiger partial charge in [0, 0.05) is 11.1 Å². The van der Waals surface area contributed by atoms with Crippen molar-refractivity contribution in [3.63, 3.8) is 0 Å².